The van der Waals surface area contributed by atoms with Crippen LogP contribution in [0.2, 0.25) is 0 Å². The van der Waals surface area contributed by atoms with Crippen molar-refractivity contribution in [3.05, 3.63) is 30.3 Å². The molecule has 2 N–H and O–H groups in total. The first-order chi connectivity index (χ1) is 8.97. The number of benzene rings is 1. The van der Waals surface area contributed by atoms with Gasteiger partial charge in [0.2, 0.25) is 5.91 Å². The molecular weight excluding hydrogens is 238 g/mol. The van der Waals surface area contributed by atoms with E-state index in [9.17, 15) is 4.79 Å². The third-order valence-electron chi connectivity index (χ3n) is 3.12. The van der Waals surface area contributed by atoms with Gasteiger partial charge in [-0.25, -0.2) is 0 Å². The second-order valence-electron chi connectivity index (χ2n) is 5.17. The molecule has 1 rings (SSSR count). The van der Waals surface area contributed by atoms with Gasteiger partial charge in [-0.3, -0.25) is 4.79 Å². The molecule has 19 heavy (non-hydrogen) atoms. The van der Waals surface area contributed by atoms with Gasteiger partial charge < -0.3 is 15.5 Å². The maximum Gasteiger partial charge on any atom is 0.239 e. The Morgan fingerprint density at radius 2 is 1.89 bits per heavy atom. The molecule has 106 valence electrons. The molecule has 0 aliphatic heterocycles. The molecule has 4 nitrogen and oxygen atoms in total. The number of amides is 1. The number of likely N-dealkylation sites (N-methyl/N-ethyl adjacent to an activating group) is 2. The predicted molar refractivity (Wildman–Crippen MR) is 80.5 cm³/mol. The van der Waals surface area contributed by atoms with Gasteiger partial charge in [-0.2, -0.15) is 0 Å². The summed E-state index contributed by atoms with van der Waals surface area (Å²) in [5.74, 6) is 0.0378. The fourth-order valence-electron chi connectivity index (χ4n) is 1.89. The Hall–Kier alpha value is -1.55. The van der Waals surface area contributed by atoms with Gasteiger partial charge in [-0.1, -0.05) is 25.1 Å². The van der Waals surface area contributed by atoms with Gasteiger partial charge in [0.15, 0.2) is 0 Å². The van der Waals surface area contributed by atoms with Crippen LogP contribution >= 0.6 is 0 Å². The van der Waals surface area contributed by atoms with E-state index in [0.717, 1.165) is 18.8 Å². The maximum absolute atomic E-state index is 12.0. The van der Waals surface area contributed by atoms with Crippen LogP contribution in [0, 0.1) is 0 Å². The lowest BCUT2D eigenvalue weighted by molar-refractivity contribution is -0.126. The first kappa shape index (κ1) is 15.5. The summed E-state index contributed by atoms with van der Waals surface area (Å²) in [5.41, 5.74) is 0.641. The van der Waals surface area contributed by atoms with E-state index in [0.29, 0.717) is 6.54 Å². The summed E-state index contributed by atoms with van der Waals surface area (Å²) in [6.45, 7) is 8.00. The summed E-state index contributed by atoms with van der Waals surface area (Å²) in [6, 6.07) is 10.1. The van der Waals surface area contributed by atoms with E-state index in [1.807, 2.05) is 46.0 Å². The van der Waals surface area contributed by atoms with Crippen LogP contribution in [0.4, 0.5) is 5.69 Å². The molecule has 0 atom stereocenters. The summed E-state index contributed by atoms with van der Waals surface area (Å²) in [4.78, 5) is 14.1. The van der Waals surface area contributed by atoms with E-state index >= 15 is 0 Å². The van der Waals surface area contributed by atoms with Gasteiger partial charge in [0.05, 0.1) is 5.54 Å². The summed E-state index contributed by atoms with van der Waals surface area (Å²) in [6.07, 6.45) is 0. The van der Waals surface area contributed by atoms with Crippen molar-refractivity contribution in [1.82, 2.24) is 10.6 Å². The molecule has 1 aromatic rings. The predicted octanol–water partition coefficient (Wildman–Crippen LogP) is 1.63. The Balaban J connectivity index is 2.36. The summed E-state index contributed by atoms with van der Waals surface area (Å²) < 4.78 is 0. The van der Waals surface area contributed by atoms with Crippen molar-refractivity contribution in [2.24, 2.45) is 0 Å². The van der Waals surface area contributed by atoms with Crippen molar-refractivity contribution in [2.75, 3.05) is 31.6 Å². The molecule has 0 spiro atoms. The highest BCUT2D eigenvalue weighted by atomic mass is 16.2. The van der Waals surface area contributed by atoms with E-state index in [1.165, 1.54) is 0 Å². The van der Waals surface area contributed by atoms with Crippen LogP contribution in [0.5, 0.6) is 0 Å². The van der Waals surface area contributed by atoms with Gasteiger partial charge in [-0.15, -0.1) is 0 Å². The average molecular weight is 263 g/mol. The fourth-order valence-corrected chi connectivity index (χ4v) is 1.89. The fraction of sp³-hybridized carbons (Fsp3) is 0.533. The van der Waals surface area contributed by atoms with E-state index < -0.39 is 5.54 Å². The molecule has 0 aliphatic rings. The highest BCUT2D eigenvalue weighted by Gasteiger charge is 2.25. The van der Waals surface area contributed by atoms with Gasteiger partial charge in [-0.05, 0) is 32.5 Å². The van der Waals surface area contributed by atoms with E-state index in [1.54, 1.807) is 0 Å². The average Bonchev–Trinajstić information content (AvgIpc) is 2.39. The number of para-hydroxylation sites is 1. The zero-order chi connectivity index (χ0) is 14.3. The highest BCUT2D eigenvalue weighted by Crippen LogP contribution is 2.09. The van der Waals surface area contributed by atoms with Crippen molar-refractivity contribution in [3.8, 4) is 0 Å². The van der Waals surface area contributed by atoms with Crippen molar-refractivity contribution in [3.63, 3.8) is 0 Å². The number of nitrogens with one attached hydrogen (secondary N) is 2. The molecule has 1 amide bonds. The number of carbonyl (C=O) groups excluding carboxylic acids is 1. The molecule has 4 heteroatoms. The van der Waals surface area contributed by atoms with Gasteiger partial charge in [0, 0.05) is 25.8 Å². The van der Waals surface area contributed by atoms with Crippen LogP contribution < -0.4 is 15.5 Å². The van der Waals surface area contributed by atoms with E-state index in [-0.39, 0.29) is 5.91 Å². The lowest BCUT2D eigenvalue weighted by Crippen LogP contribution is -2.53. The molecule has 0 saturated carbocycles. The van der Waals surface area contributed by atoms with Crippen LogP contribution in [0.25, 0.3) is 0 Å². The SMILES string of the molecule is CCNC(C)(C)C(=O)NCCN(C)c1ccccc1. The quantitative estimate of drug-likeness (QED) is 0.786. The second kappa shape index (κ2) is 7.14. The Morgan fingerprint density at radius 1 is 1.26 bits per heavy atom. The molecule has 0 heterocycles. The third kappa shape index (κ3) is 4.91. The van der Waals surface area contributed by atoms with Gasteiger partial charge in [0.1, 0.15) is 0 Å². The minimum atomic E-state index is -0.514. The number of anilines is 1. The Bertz CT molecular complexity index is 390. The van der Waals surface area contributed by atoms with Crippen molar-refractivity contribution < 1.29 is 4.79 Å². The normalized spacial score (nSPS) is 11.2. The smallest absolute Gasteiger partial charge is 0.239 e. The number of hydrogen-bond acceptors (Lipinski definition) is 3. The van der Waals surface area contributed by atoms with Crippen LogP contribution in [-0.4, -0.2) is 38.1 Å². The van der Waals surface area contributed by atoms with Crippen LogP contribution in [0.1, 0.15) is 20.8 Å². The minimum Gasteiger partial charge on any atom is -0.373 e. The lowest BCUT2D eigenvalue weighted by atomic mass is 10.0. The third-order valence-corrected chi connectivity index (χ3v) is 3.12. The molecular formula is C15H25N3O. The number of carbonyl (C=O) groups is 1. The molecule has 0 aromatic heterocycles. The van der Waals surface area contributed by atoms with Crippen LogP contribution in [0.3, 0.4) is 0 Å². The molecule has 0 fully saturated rings. The molecule has 0 aliphatic carbocycles. The molecule has 0 bridgehead atoms. The van der Waals surface area contributed by atoms with Crippen LogP contribution in [-0.2, 0) is 4.79 Å². The largest absolute Gasteiger partial charge is 0.373 e. The van der Waals surface area contributed by atoms with Gasteiger partial charge in [0.25, 0.3) is 0 Å². The number of hydrogen-bond donors (Lipinski definition) is 2. The van der Waals surface area contributed by atoms with Gasteiger partial charge >= 0.3 is 0 Å². The molecule has 0 radical (unpaired) electrons. The number of nitrogens with zero attached hydrogens (tertiary/aromatic N) is 1. The summed E-state index contributed by atoms with van der Waals surface area (Å²) in [7, 11) is 2.02. The van der Waals surface area contributed by atoms with Crippen molar-refractivity contribution in [1.29, 1.82) is 0 Å². The van der Waals surface area contributed by atoms with Crippen molar-refractivity contribution >= 4 is 11.6 Å². The number of rotatable bonds is 7. The minimum absolute atomic E-state index is 0.0378. The highest BCUT2D eigenvalue weighted by molar-refractivity contribution is 5.85. The van der Waals surface area contributed by atoms with E-state index in [4.69, 9.17) is 0 Å². The zero-order valence-corrected chi connectivity index (χ0v) is 12.4. The zero-order valence-electron chi connectivity index (χ0n) is 12.4. The monoisotopic (exact) mass is 263 g/mol. The Morgan fingerprint density at radius 3 is 2.47 bits per heavy atom. The summed E-state index contributed by atoms with van der Waals surface area (Å²) >= 11 is 0. The molecule has 0 saturated heterocycles. The first-order valence-electron chi connectivity index (χ1n) is 6.77. The standard InChI is InChI=1S/C15H25N3O/c1-5-17-15(2,3)14(19)16-11-12-18(4)13-9-7-6-8-10-13/h6-10,17H,5,11-12H2,1-4H3,(H,16,19). The Labute approximate surface area is 116 Å². The summed E-state index contributed by atoms with van der Waals surface area (Å²) in [5, 5.41) is 6.13. The topological polar surface area (TPSA) is 44.4 Å². The lowest BCUT2D eigenvalue weighted by Gasteiger charge is -2.25. The molecule has 1 aromatic carbocycles. The Kier molecular flexibility index (Phi) is 5.83. The van der Waals surface area contributed by atoms with E-state index in [2.05, 4.69) is 27.7 Å². The second-order valence-corrected chi connectivity index (χ2v) is 5.17. The van der Waals surface area contributed by atoms with Crippen LogP contribution in [0.15, 0.2) is 30.3 Å². The first-order valence-corrected chi connectivity index (χ1v) is 6.77. The maximum atomic E-state index is 12.0. The van der Waals surface area contributed by atoms with Crippen molar-refractivity contribution in [2.45, 2.75) is 26.3 Å². The molecule has 0 unspecified atom stereocenters.